The molecule has 108 valence electrons. The lowest BCUT2D eigenvalue weighted by Crippen LogP contribution is -2.36. The van der Waals surface area contributed by atoms with Crippen LogP contribution in [0.5, 0.6) is 0 Å². The van der Waals surface area contributed by atoms with Crippen LogP contribution in [0.15, 0.2) is 38.4 Å². The SMILES string of the molecule is Cn1c(=O)c2c(Nc3cccc(Cl)c3)noc2n(C)c1=O. The zero-order valence-electron chi connectivity index (χ0n) is 11.3. The molecule has 0 bridgehead atoms. The first kappa shape index (κ1) is 13.4. The van der Waals surface area contributed by atoms with Crippen molar-refractivity contribution in [3.8, 4) is 0 Å². The maximum absolute atomic E-state index is 12.2. The summed E-state index contributed by atoms with van der Waals surface area (Å²) < 4.78 is 7.33. The van der Waals surface area contributed by atoms with E-state index in [2.05, 4.69) is 10.5 Å². The van der Waals surface area contributed by atoms with Gasteiger partial charge in [0, 0.05) is 24.8 Å². The van der Waals surface area contributed by atoms with Crippen molar-refractivity contribution >= 4 is 34.2 Å². The number of rotatable bonds is 2. The van der Waals surface area contributed by atoms with Gasteiger partial charge in [-0.1, -0.05) is 22.8 Å². The lowest BCUT2D eigenvalue weighted by Gasteiger charge is -2.04. The molecular weight excluding hydrogens is 296 g/mol. The molecule has 0 unspecified atom stereocenters. The molecule has 1 aromatic carbocycles. The molecule has 21 heavy (non-hydrogen) atoms. The van der Waals surface area contributed by atoms with E-state index in [0.717, 1.165) is 4.57 Å². The van der Waals surface area contributed by atoms with E-state index in [4.69, 9.17) is 16.1 Å². The Morgan fingerprint density at radius 3 is 2.71 bits per heavy atom. The van der Waals surface area contributed by atoms with Gasteiger partial charge in [-0.05, 0) is 18.2 Å². The average molecular weight is 307 g/mol. The molecule has 2 aromatic heterocycles. The minimum atomic E-state index is -0.474. The van der Waals surface area contributed by atoms with Gasteiger partial charge in [-0.3, -0.25) is 13.9 Å². The van der Waals surface area contributed by atoms with Crippen molar-refractivity contribution in [2.24, 2.45) is 14.1 Å². The molecule has 0 aliphatic rings. The fourth-order valence-corrected chi connectivity index (χ4v) is 2.25. The largest absolute Gasteiger partial charge is 0.337 e. The molecule has 0 saturated heterocycles. The van der Waals surface area contributed by atoms with E-state index in [1.54, 1.807) is 24.3 Å². The number of hydrogen-bond donors (Lipinski definition) is 1. The van der Waals surface area contributed by atoms with Gasteiger partial charge in [0.1, 0.15) is 5.39 Å². The van der Waals surface area contributed by atoms with E-state index < -0.39 is 11.2 Å². The highest BCUT2D eigenvalue weighted by Gasteiger charge is 2.18. The third-order valence-corrected chi connectivity index (χ3v) is 3.39. The quantitative estimate of drug-likeness (QED) is 0.778. The van der Waals surface area contributed by atoms with Crippen molar-refractivity contribution in [1.82, 2.24) is 14.3 Å². The van der Waals surface area contributed by atoms with Gasteiger partial charge in [0.05, 0.1) is 0 Å². The summed E-state index contributed by atoms with van der Waals surface area (Å²) in [6.07, 6.45) is 0. The summed E-state index contributed by atoms with van der Waals surface area (Å²) in [5.74, 6) is 0.239. The summed E-state index contributed by atoms with van der Waals surface area (Å²) in [6.45, 7) is 0. The molecule has 0 radical (unpaired) electrons. The second kappa shape index (κ2) is 4.78. The Kier molecular flexibility index (Phi) is 3.06. The third-order valence-electron chi connectivity index (χ3n) is 3.16. The standard InChI is InChI=1S/C13H11ClN4O3/c1-17-11(19)9-10(15-8-5-3-4-7(14)6-8)16-21-12(9)18(2)13(17)20/h3-6H,1-2H3,(H,15,16). The molecule has 1 N–H and O–H groups in total. The molecule has 0 aliphatic carbocycles. The van der Waals surface area contributed by atoms with Crippen molar-refractivity contribution in [3.63, 3.8) is 0 Å². The van der Waals surface area contributed by atoms with Crippen LogP contribution in [-0.4, -0.2) is 14.3 Å². The van der Waals surface area contributed by atoms with E-state index in [0.29, 0.717) is 10.7 Å². The Bertz CT molecular complexity index is 954. The minimum absolute atomic E-state index is 0.118. The van der Waals surface area contributed by atoms with Crippen LogP contribution in [-0.2, 0) is 14.1 Å². The smallest absolute Gasteiger partial charge is 0.333 e. The van der Waals surface area contributed by atoms with Gasteiger partial charge in [0.25, 0.3) is 5.56 Å². The number of hydrogen-bond acceptors (Lipinski definition) is 5. The zero-order valence-corrected chi connectivity index (χ0v) is 12.0. The van der Waals surface area contributed by atoms with Crippen LogP contribution in [0.3, 0.4) is 0 Å². The molecule has 0 amide bonds. The predicted molar refractivity (Wildman–Crippen MR) is 79.2 cm³/mol. The van der Waals surface area contributed by atoms with Crippen LogP contribution in [0.2, 0.25) is 5.02 Å². The Labute approximate surface area is 123 Å². The fraction of sp³-hybridized carbons (Fsp3) is 0.154. The van der Waals surface area contributed by atoms with Gasteiger partial charge in [0.15, 0.2) is 5.82 Å². The van der Waals surface area contributed by atoms with E-state index in [1.165, 1.54) is 18.7 Å². The first-order valence-corrected chi connectivity index (χ1v) is 6.45. The van der Waals surface area contributed by atoms with Crippen LogP contribution in [0, 0.1) is 0 Å². The van der Waals surface area contributed by atoms with Gasteiger partial charge in [-0.15, -0.1) is 0 Å². The van der Waals surface area contributed by atoms with Crippen LogP contribution in [0.1, 0.15) is 0 Å². The molecule has 8 heteroatoms. The molecule has 0 spiro atoms. The topological polar surface area (TPSA) is 82.1 Å². The maximum Gasteiger partial charge on any atom is 0.333 e. The lowest BCUT2D eigenvalue weighted by atomic mass is 10.3. The predicted octanol–water partition coefficient (Wildman–Crippen LogP) is 1.62. The molecule has 0 aliphatic heterocycles. The molecule has 2 heterocycles. The monoisotopic (exact) mass is 306 g/mol. The molecule has 7 nitrogen and oxygen atoms in total. The van der Waals surface area contributed by atoms with Crippen molar-refractivity contribution in [1.29, 1.82) is 0 Å². The zero-order chi connectivity index (χ0) is 15.1. The summed E-state index contributed by atoms with van der Waals surface area (Å²) in [5.41, 5.74) is -0.168. The summed E-state index contributed by atoms with van der Waals surface area (Å²) in [7, 11) is 2.92. The highest BCUT2D eigenvalue weighted by atomic mass is 35.5. The van der Waals surface area contributed by atoms with E-state index in [9.17, 15) is 9.59 Å². The van der Waals surface area contributed by atoms with E-state index in [-0.39, 0.29) is 16.9 Å². The van der Waals surface area contributed by atoms with Gasteiger partial charge < -0.3 is 9.84 Å². The summed E-state index contributed by atoms with van der Waals surface area (Å²) in [4.78, 5) is 24.0. The first-order chi connectivity index (χ1) is 9.99. The van der Waals surface area contributed by atoms with Gasteiger partial charge in [-0.25, -0.2) is 4.79 Å². The van der Waals surface area contributed by atoms with Crippen molar-refractivity contribution < 1.29 is 4.52 Å². The lowest BCUT2D eigenvalue weighted by molar-refractivity contribution is 0.437. The third kappa shape index (κ3) is 2.11. The van der Waals surface area contributed by atoms with Crippen molar-refractivity contribution in [2.45, 2.75) is 0 Å². The number of nitrogens with zero attached hydrogens (tertiary/aromatic N) is 3. The Hall–Kier alpha value is -2.54. The fourth-order valence-electron chi connectivity index (χ4n) is 2.06. The first-order valence-electron chi connectivity index (χ1n) is 6.07. The highest BCUT2D eigenvalue weighted by Crippen LogP contribution is 2.23. The highest BCUT2D eigenvalue weighted by molar-refractivity contribution is 6.30. The maximum atomic E-state index is 12.2. The second-order valence-electron chi connectivity index (χ2n) is 4.55. The van der Waals surface area contributed by atoms with Crippen LogP contribution in [0.4, 0.5) is 11.5 Å². The number of anilines is 2. The number of halogens is 1. The van der Waals surface area contributed by atoms with Gasteiger partial charge in [0.2, 0.25) is 5.71 Å². The van der Waals surface area contributed by atoms with E-state index >= 15 is 0 Å². The number of aryl methyl sites for hydroxylation is 1. The Morgan fingerprint density at radius 1 is 1.24 bits per heavy atom. The van der Waals surface area contributed by atoms with E-state index in [1.807, 2.05) is 0 Å². The Morgan fingerprint density at radius 2 is 2.00 bits per heavy atom. The summed E-state index contributed by atoms with van der Waals surface area (Å²) in [5, 5.41) is 7.54. The minimum Gasteiger partial charge on any atom is -0.337 e. The molecular formula is C13H11ClN4O3. The molecule has 3 rings (SSSR count). The molecule has 0 atom stereocenters. The van der Waals surface area contributed by atoms with Gasteiger partial charge in [-0.2, -0.15) is 0 Å². The number of nitrogens with one attached hydrogen (secondary N) is 1. The molecule has 3 aromatic rings. The molecule has 0 saturated carbocycles. The van der Waals surface area contributed by atoms with Crippen molar-refractivity contribution in [3.05, 3.63) is 50.1 Å². The number of aromatic nitrogens is 3. The second-order valence-corrected chi connectivity index (χ2v) is 4.99. The summed E-state index contributed by atoms with van der Waals surface area (Å²) in [6, 6.07) is 6.96. The van der Waals surface area contributed by atoms with Crippen LogP contribution >= 0.6 is 11.6 Å². The Balaban J connectivity index is 2.21. The average Bonchev–Trinajstić information content (AvgIpc) is 2.87. The number of fused-ring (bicyclic) bond motifs is 1. The van der Waals surface area contributed by atoms with Gasteiger partial charge >= 0.3 is 5.69 Å². The van der Waals surface area contributed by atoms with Crippen molar-refractivity contribution in [2.75, 3.05) is 5.32 Å². The molecule has 0 fully saturated rings. The van der Waals surface area contributed by atoms with Crippen LogP contribution in [0.25, 0.3) is 11.1 Å². The summed E-state index contributed by atoms with van der Waals surface area (Å²) >= 11 is 5.91. The van der Waals surface area contributed by atoms with Crippen LogP contribution < -0.4 is 16.6 Å². The number of benzene rings is 1. The normalized spacial score (nSPS) is 11.0.